The molecule has 0 aliphatic carbocycles. The van der Waals surface area contributed by atoms with Crippen molar-refractivity contribution in [2.24, 2.45) is 0 Å². The zero-order valence-corrected chi connectivity index (χ0v) is 9.54. The smallest absolute Gasteiger partial charge is 0.225 e. The van der Waals surface area contributed by atoms with Gasteiger partial charge in [0.05, 0.1) is 18.6 Å². The highest BCUT2D eigenvalue weighted by Gasteiger charge is 2.33. The number of amides is 1. The molecule has 1 fully saturated rings. The van der Waals surface area contributed by atoms with E-state index in [-0.39, 0.29) is 18.4 Å². The summed E-state index contributed by atoms with van der Waals surface area (Å²) < 4.78 is 0. The zero-order chi connectivity index (χ0) is 10.8. The number of hydrogen-bond acceptors (Lipinski definition) is 3. The fourth-order valence-electron chi connectivity index (χ4n) is 2.07. The van der Waals surface area contributed by atoms with E-state index in [1.165, 1.54) is 4.88 Å². The molecule has 1 amide bonds. The highest BCUT2D eigenvalue weighted by atomic mass is 32.1. The molecule has 1 N–H and O–H groups in total. The van der Waals surface area contributed by atoms with Crippen LogP contribution in [0.5, 0.6) is 0 Å². The second kappa shape index (κ2) is 4.33. The lowest BCUT2D eigenvalue weighted by molar-refractivity contribution is -0.129. The lowest BCUT2D eigenvalue weighted by atomic mass is 10.1. The standard InChI is InChI=1S/C11H15NO2S/c1-2-9(10-4-3-5-15-10)12-7-8(13)6-11(12)14/h3-5,8-9,13H,2,6-7H2,1H3. The third-order valence-corrected chi connectivity index (χ3v) is 3.75. The van der Waals surface area contributed by atoms with Crippen LogP contribution in [-0.4, -0.2) is 28.6 Å². The molecule has 1 aliphatic heterocycles. The molecule has 0 aromatic carbocycles. The fourth-order valence-corrected chi connectivity index (χ4v) is 2.99. The summed E-state index contributed by atoms with van der Waals surface area (Å²) >= 11 is 1.67. The predicted octanol–water partition coefficient (Wildman–Crippen LogP) is 1.79. The predicted molar refractivity (Wildman–Crippen MR) is 59.7 cm³/mol. The number of thiophene rings is 1. The number of hydrogen-bond donors (Lipinski definition) is 1. The highest BCUT2D eigenvalue weighted by Crippen LogP contribution is 2.31. The van der Waals surface area contributed by atoms with Crippen molar-refractivity contribution in [1.82, 2.24) is 4.90 Å². The van der Waals surface area contributed by atoms with Crippen LogP contribution >= 0.6 is 11.3 Å². The Kier molecular flexibility index (Phi) is 3.07. The van der Waals surface area contributed by atoms with Gasteiger partial charge in [-0.3, -0.25) is 4.79 Å². The van der Waals surface area contributed by atoms with Gasteiger partial charge in [-0.15, -0.1) is 11.3 Å². The number of rotatable bonds is 3. The molecule has 1 saturated heterocycles. The number of aliphatic hydroxyl groups excluding tert-OH is 1. The van der Waals surface area contributed by atoms with Crippen molar-refractivity contribution >= 4 is 17.2 Å². The molecule has 3 nitrogen and oxygen atoms in total. The minimum Gasteiger partial charge on any atom is -0.391 e. The Morgan fingerprint density at radius 1 is 1.73 bits per heavy atom. The first-order valence-corrected chi connectivity index (χ1v) is 6.11. The summed E-state index contributed by atoms with van der Waals surface area (Å²) in [5.41, 5.74) is 0. The van der Waals surface area contributed by atoms with E-state index in [1.807, 2.05) is 11.4 Å². The first-order valence-electron chi connectivity index (χ1n) is 5.23. The van der Waals surface area contributed by atoms with E-state index in [9.17, 15) is 9.90 Å². The Hall–Kier alpha value is -0.870. The minimum atomic E-state index is -0.480. The van der Waals surface area contributed by atoms with Crippen LogP contribution in [0, 0.1) is 0 Å². The Balaban J connectivity index is 2.17. The molecular formula is C11H15NO2S. The van der Waals surface area contributed by atoms with Crippen LogP contribution in [0.1, 0.15) is 30.7 Å². The molecule has 0 saturated carbocycles. The Bertz CT molecular complexity index is 336. The van der Waals surface area contributed by atoms with Crippen molar-refractivity contribution < 1.29 is 9.90 Å². The van der Waals surface area contributed by atoms with Crippen molar-refractivity contribution in [1.29, 1.82) is 0 Å². The van der Waals surface area contributed by atoms with E-state index in [4.69, 9.17) is 0 Å². The summed E-state index contributed by atoms with van der Waals surface area (Å²) in [6.07, 6.45) is 0.701. The molecule has 2 atom stereocenters. The molecule has 82 valence electrons. The van der Waals surface area contributed by atoms with Gasteiger partial charge in [-0.05, 0) is 17.9 Å². The molecule has 0 bridgehead atoms. The van der Waals surface area contributed by atoms with Crippen LogP contribution in [0.3, 0.4) is 0 Å². The summed E-state index contributed by atoms with van der Waals surface area (Å²) in [6, 6.07) is 4.20. The Morgan fingerprint density at radius 3 is 3.00 bits per heavy atom. The van der Waals surface area contributed by atoms with Crippen molar-refractivity contribution in [2.45, 2.75) is 31.9 Å². The van der Waals surface area contributed by atoms with Crippen molar-refractivity contribution in [3.63, 3.8) is 0 Å². The second-order valence-corrected chi connectivity index (χ2v) is 4.82. The van der Waals surface area contributed by atoms with Gasteiger partial charge < -0.3 is 10.0 Å². The average molecular weight is 225 g/mol. The number of likely N-dealkylation sites (tertiary alicyclic amines) is 1. The van der Waals surface area contributed by atoms with Crippen molar-refractivity contribution in [3.05, 3.63) is 22.4 Å². The lowest BCUT2D eigenvalue weighted by Gasteiger charge is -2.25. The minimum absolute atomic E-state index is 0.0720. The SMILES string of the molecule is CCC(c1cccs1)N1CC(O)CC1=O. The normalized spacial score (nSPS) is 23.5. The second-order valence-electron chi connectivity index (χ2n) is 3.84. The van der Waals surface area contributed by atoms with Gasteiger partial charge in [0.1, 0.15) is 0 Å². The van der Waals surface area contributed by atoms with Gasteiger partial charge in [-0.2, -0.15) is 0 Å². The number of carbonyl (C=O) groups is 1. The van der Waals surface area contributed by atoms with Gasteiger partial charge in [0.25, 0.3) is 0 Å². The maximum atomic E-state index is 11.7. The molecule has 1 aromatic rings. The summed E-state index contributed by atoms with van der Waals surface area (Å²) in [5, 5.41) is 11.5. The number of β-amino-alcohol motifs (C(OH)–C–C–N with tert-alkyl or cyclic N) is 1. The molecule has 2 rings (SSSR count). The summed E-state index contributed by atoms with van der Waals surface area (Å²) in [6.45, 7) is 2.55. The number of carbonyl (C=O) groups excluding carboxylic acids is 1. The fraction of sp³-hybridized carbons (Fsp3) is 0.545. The van der Waals surface area contributed by atoms with E-state index in [2.05, 4.69) is 13.0 Å². The highest BCUT2D eigenvalue weighted by molar-refractivity contribution is 7.10. The Labute approximate surface area is 93.3 Å². The first kappa shape index (κ1) is 10.6. The molecule has 2 unspecified atom stereocenters. The van der Waals surface area contributed by atoms with Crippen LogP contribution in [0.15, 0.2) is 17.5 Å². The van der Waals surface area contributed by atoms with E-state index in [0.717, 1.165) is 6.42 Å². The molecule has 15 heavy (non-hydrogen) atoms. The largest absolute Gasteiger partial charge is 0.391 e. The van der Waals surface area contributed by atoms with Crippen LogP contribution in [-0.2, 0) is 4.79 Å². The first-order chi connectivity index (χ1) is 7.22. The summed E-state index contributed by atoms with van der Waals surface area (Å²) in [5.74, 6) is 0.0720. The van der Waals surface area contributed by atoms with E-state index < -0.39 is 6.10 Å². The molecule has 0 spiro atoms. The lowest BCUT2D eigenvalue weighted by Crippen LogP contribution is -2.30. The molecule has 1 aromatic heterocycles. The van der Waals surface area contributed by atoms with Gasteiger partial charge in [0.2, 0.25) is 5.91 Å². The van der Waals surface area contributed by atoms with Gasteiger partial charge >= 0.3 is 0 Å². The van der Waals surface area contributed by atoms with Crippen molar-refractivity contribution in [2.75, 3.05) is 6.54 Å². The van der Waals surface area contributed by atoms with E-state index >= 15 is 0 Å². The van der Waals surface area contributed by atoms with Gasteiger partial charge in [0.15, 0.2) is 0 Å². The third kappa shape index (κ3) is 2.06. The van der Waals surface area contributed by atoms with Crippen molar-refractivity contribution in [3.8, 4) is 0 Å². The third-order valence-electron chi connectivity index (χ3n) is 2.77. The molecule has 0 radical (unpaired) electrons. The van der Waals surface area contributed by atoms with Gasteiger partial charge in [-0.25, -0.2) is 0 Å². The molecule has 4 heteroatoms. The van der Waals surface area contributed by atoms with Crippen LogP contribution in [0.25, 0.3) is 0 Å². The summed E-state index contributed by atoms with van der Waals surface area (Å²) in [4.78, 5) is 14.7. The topological polar surface area (TPSA) is 40.5 Å². The quantitative estimate of drug-likeness (QED) is 0.852. The van der Waals surface area contributed by atoms with E-state index in [0.29, 0.717) is 6.54 Å². The summed E-state index contributed by atoms with van der Waals surface area (Å²) in [7, 11) is 0. The van der Waals surface area contributed by atoms with Crippen LogP contribution in [0.2, 0.25) is 0 Å². The zero-order valence-electron chi connectivity index (χ0n) is 8.72. The molecular weight excluding hydrogens is 210 g/mol. The number of aliphatic hydroxyl groups is 1. The Morgan fingerprint density at radius 2 is 2.53 bits per heavy atom. The monoisotopic (exact) mass is 225 g/mol. The molecule has 1 aliphatic rings. The maximum Gasteiger partial charge on any atom is 0.225 e. The van der Waals surface area contributed by atoms with Gasteiger partial charge in [-0.1, -0.05) is 13.0 Å². The van der Waals surface area contributed by atoms with Gasteiger partial charge in [0, 0.05) is 11.4 Å². The van der Waals surface area contributed by atoms with Crippen LogP contribution in [0.4, 0.5) is 0 Å². The number of nitrogens with zero attached hydrogens (tertiary/aromatic N) is 1. The molecule has 2 heterocycles. The average Bonchev–Trinajstić information content (AvgIpc) is 2.79. The maximum absolute atomic E-state index is 11.7. The van der Waals surface area contributed by atoms with E-state index in [1.54, 1.807) is 16.2 Å². The van der Waals surface area contributed by atoms with Crippen LogP contribution < -0.4 is 0 Å².